The van der Waals surface area contributed by atoms with Gasteiger partial charge in [-0.2, -0.15) is 13.2 Å². The number of hydrogen-bond acceptors (Lipinski definition) is 3. The van der Waals surface area contributed by atoms with Crippen molar-refractivity contribution >= 4 is 23.0 Å². The first kappa shape index (κ1) is 18.4. The molecule has 0 radical (unpaired) electrons. The first-order valence-corrected chi connectivity index (χ1v) is 7.79. The van der Waals surface area contributed by atoms with Gasteiger partial charge < -0.3 is 10.6 Å². The van der Waals surface area contributed by atoms with Crippen LogP contribution in [0.4, 0.5) is 34.6 Å². The van der Waals surface area contributed by atoms with E-state index < -0.39 is 23.5 Å². The summed E-state index contributed by atoms with van der Waals surface area (Å²) < 4.78 is 52.0. The van der Waals surface area contributed by atoms with Crippen molar-refractivity contribution in [3.05, 3.63) is 83.9 Å². The number of amides is 1. The van der Waals surface area contributed by atoms with Gasteiger partial charge in [-0.3, -0.25) is 9.78 Å². The average Bonchev–Trinajstić information content (AvgIpc) is 2.63. The largest absolute Gasteiger partial charge is 0.416 e. The van der Waals surface area contributed by atoms with Crippen LogP contribution in [0.3, 0.4) is 0 Å². The zero-order valence-electron chi connectivity index (χ0n) is 13.7. The van der Waals surface area contributed by atoms with Crippen molar-refractivity contribution in [2.45, 2.75) is 6.18 Å². The summed E-state index contributed by atoms with van der Waals surface area (Å²) in [5.74, 6) is -1.16. The van der Waals surface area contributed by atoms with Gasteiger partial charge in [0.1, 0.15) is 11.5 Å². The van der Waals surface area contributed by atoms with Gasteiger partial charge in [-0.15, -0.1) is 0 Å². The average molecular weight is 375 g/mol. The number of carbonyl (C=O) groups excluding carboxylic acids is 1. The number of carbonyl (C=O) groups is 1. The third-order valence-electron chi connectivity index (χ3n) is 3.59. The molecule has 0 atom stereocenters. The van der Waals surface area contributed by atoms with Gasteiger partial charge >= 0.3 is 6.18 Å². The van der Waals surface area contributed by atoms with Crippen molar-refractivity contribution in [3.63, 3.8) is 0 Å². The van der Waals surface area contributed by atoms with Gasteiger partial charge in [-0.05, 0) is 42.5 Å². The maximum absolute atomic E-state index is 13.7. The highest BCUT2D eigenvalue weighted by Crippen LogP contribution is 2.30. The summed E-state index contributed by atoms with van der Waals surface area (Å²) in [7, 11) is 0. The van der Waals surface area contributed by atoms with Crippen LogP contribution in [0.2, 0.25) is 0 Å². The van der Waals surface area contributed by atoms with E-state index >= 15 is 0 Å². The Balaban J connectivity index is 1.77. The Kier molecular flexibility index (Phi) is 5.07. The molecule has 0 aliphatic carbocycles. The number of para-hydroxylation sites is 1. The minimum Gasteiger partial charge on any atom is -0.353 e. The van der Waals surface area contributed by atoms with Gasteiger partial charge in [0, 0.05) is 17.6 Å². The minimum absolute atomic E-state index is 0.0101. The lowest BCUT2D eigenvalue weighted by molar-refractivity contribution is -0.137. The summed E-state index contributed by atoms with van der Waals surface area (Å²) in [4.78, 5) is 16.2. The van der Waals surface area contributed by atoms with Crippen molar-refractivity contribution in [2.75, 3.05) is 10.6 Å². The van der Waals surface area contributed by atoms with Gasteiger partial charge in [-0.1, -0.05) is 18.2 Å². The molecule has 4 nitrogen and oxygen atoms in total. The van der Waals surface area contributed by atoms with Crippen LogP contribution in [0, 0.1) is 5.82 Å². The summed E-state index contributed by atoms with van der Waals surface area (Å²) in [5.41, 5.74) is -0.293. The quantitative estimate of drug-likeness (QED) is 0.614. The summed E-state index contributed by atoms with van der Waals surface area (Å²) in [6, 6.07) is 13.2. The molecule has 3 rings (SSSR count). The standard InChI is InChI=1S/C19H13F4N3O/c20-15-6-1-2-7-16(15)25-14-8-9-24-17(11-14)18(27)26-13-5-3-4-12(10-13)19(21,22)23/h1-11H,(H,24,25)(H,26,27). The van der Waals surface area contributed by atoms with E-state index in [1.807, 2.05) is 0 Å². The van der Waals surface area contributed by atoms with Crippen LogP contribution in [0.5, 0.6) is 0 Å². The van der Waals surface area contributed by atoms with E-state index in [2.05, 4.69) is 15.6 Å². The summed E-state index contributed by atoms with van der Waals surface area (Å²) in [6.45, 7) is 0. The normalized spacial score (nSPS) is 11.1. The third-order valence-corrected chi connectivity index (χ3v) is 3.59. The van der Waals surface area contributed by atoms with E-state index in [1.165, 1.54) is 42.6 Å². The Morgan fingerprint density at radius 1 is 0.926 bits per heavy atom. The number of nitrogens with one attached hydrogen (secondary N) is 2. The lowest BCUT2D eigenvalue weighted by Gasteiger charge is -2.11. The molecule has 0 aliphatic rings. The molecule has 1 aromatic heterocycles. The van der Waals surface area contributed by atoms with E-state index in [1.54, 1.807) is 12.1 Å². The number of aromatic nitrogens is 1. The van der Waals surface area contributed by atoms with Crippen molar-refractivity contribution in [1.29, 1.82) is 0 Å². The zero-order chi connectivity index (χ0) is 19.4. The Hall–Kier alpha value is -3.42. The predicted octanol–water partition coefficient (Wildman–Crippen LogP) is 5.24. The molecule has 0 unspecified atom stereocenters. The van der Waals surface area contributed by atoms with Gasteiger partial charge in [0.25, 0.3) is 5.91 Å². The first-order valence-electron chi connectivity index (χ1n) is 7.79. The van der Waals surface area contributed by atoms with Crippen LogP contribution in [0.25, 0.3) is 0 Å². The van der Waals surface area contributed by atoms with E-state index in [-0.39, 0.29) is 17.1 Å². The summed E-state index contributed by atoms with van der Waals surface area (Å²) >= 11 is 0. The van der Waals surface area contributed by atoms with E-state index in [9.17, 15) is 22.4 Å². The lowest BCUT2D eigenvalue weighted by atomic mass is 10.2. The van der Waals surface area contributed by atoms with Crippen molar-refractivity contribution in [1.82, 2.24) is 4.98 Å². The minimum atomic E-state index is -4.51. The SMILES string of the molecule is O=C(Nc1cccc(C(F)(F)F)c1)c1cc(Nc2ccccc2F)ccn1. The van der Waals surface area contributed by atoms with Gasteiger partial charge in [0.2, 0.25) is 0 Å². The lowest BCUT2D eigenvalue weighted by Crippen LogP contribution is -2.14. The third kappa shape index (κ3) is 4.60. The van der Waals surface area contributed by atoms with Crippen molar-refractivity contribution in [2.24, 2.45) is 0 Å². The van der Waals surface area contributed by atoms with Gasteiger partial charge in [0.15, 0.2) is 0 Å². The maximum Gasteiger partial charge on any atom is 0.416 e. The molecule has 0 spiro atoms. The molecular weight excluding hydrogens is 362 g/mol. The number of benzene rings is 2. The second-order valence-electron chi connectivity index (χ2n) is 5.57. The highest BCUT2D eigenvalue weighted by Gasteiger charge is 2.30. The Labute approximate surface area is 151 Å². The molecule has 3 aromatic rings. The van der Waals surface area contributed by atoms with Gasteiger partial charge in [-0.25, -0.2) is 4.39 Å². The van der Waals surface area contributed by atoms with Crippen LogP contribution in [0.1, 0.15) is 16.1 Å². The Morgan fingerprint density at radius 2 is 1.70 bits per heavy atom. The molecule has 1 heterocycles. The van der Waals surface area contributed by atoms with Crippen molar-refractivity contribution in [3.8, 4) is 0 Å². The second kappa shape index (κ2) is 7.45. The number of nitrogens with zero attached hydrogens (tertiary/aromatic N) is 1. The molecule has 138 valence electrons. The summed E-state index contributed by atoms with van der Waals surface area (Å²) in [5, 5.41) is 5.19. The number of alkyl halides is 3. The Bertz CT molecular complexity index is 973. The van der Waals surface area contributed by atoms with Crippen LogP contribution in [0.15, 0.2) is 66.9 Å². The second-order valence-corrected chi connectivity index (χ2v) is 5.57. The van der Waals surface area contributed by atoms with Crippen LogP contribution >= 0.6 is 0 Å². The fourth-order valence-electron chi connectivity index (χ4n) is 2.32. The smallest absolute Gasteiger partial charge is 0.353 e. The van der Waals surface area contributed by atoms with Crippen LogP contribution in [-0.4, -0.2) is 10.9 Å². The molecule has 2 N–H and O–H groups in total. The van der Waals surface area contributed by atoms with E-state index in [0.717, 1.165) is 12.1 Å². The summed E-state index contributed by atoms with van der Waals surface area (Å²) in [6.07, 6.45) is -3.17. The fourth-order valence-corrected chi connectivity index (χ4v) is 2.32. The topological polar surface area (TPSA) is 54.0 Å². The zero-order valence-corrected chi connectivity index (χ0v) is 13.7. The fraction of sp³-hybridized carbons (Fsp3) is 0.0526. The Morgan fingerprint density at radius 3 is 2.44 bits per heavy atom. The van der Waals surface area contributed by atoms with Crippen molar-refractivity contribution < 1.29 is 22.4 Å². The number of hydrogen-bond donors (Lipinski definition) is 2. The number of anilines is 3. The van der Waals surface area contributed by atoms with E-state index in [0.29, 0.717) is 5.69 Å². The maximum atomic E-state index is 13.7. The molecule has 0 bridgehead atoms. The molecule has 27 heavy (non-hydrogen) atoms. The molecule has 2 aromatic carbocycles. The van der Waals surface area contributed by atoms with E-state index in [4.69, 9.17) is 0 Å². The highest BCUT2D eigenvalue weighted by atomic mass is 19.4. The molecule has 1 amide bonds. The molecule has 0 saturated carbocycles. The van der Waals surface area contributed by atoms with Crippen LogP contribution < -0.4 is 10.6 Å². The number of halogens is 4. The molecule has 0 aliphatic heterocycles. The number of pyridine rings is 1. The van der Waals surface area contributed by atoms with Crippen LogP contribution in [-0.2, 0) is 6.18 Å². The molecular formula is C19H13F4N3O. The number of rotatable bonds is 4. The predicted molar refractivity (Wildman–Crippen MR) is 93.3 cm³/mol. The highest BCUT2D eigenvalue weighted by molar-refractivity contribution is 6.03. The molecule has 0 fully saturated rings. The molecule has 8 heteroatoms. The van der Waals surface area contributed by atoms with Gasteiger partial charge in [0.05, 0.1) is 11.3 Å². The molecule has 0 saturated heterocycles. The first-order chi connectivity index (χ1) is 12.8. The monoisotopic (exact) mass is 375 g/mol.